The van der Waals surface area contributed by atoms with E-state index in [4.69, 9.17) is 19.9 Å². The van der Waals surface area contributed by atoms with Crippen LogP contribution in [0.1, 0.15) is 37.8 Å². The summed E-state index contributed by atoms with van der Waals surface area (Å²) in [6, 6.07) is 33.7. The SMILES string of the molecule is CCCN(Cc1ccc(Oc2ccccc2)cc1)C(=O)[C@H]1[C@@H](C(N)=O)[C@H](C(=O)OC)[C@@H]1C(=O)N(CCC)Cc1ccc(Oc2ccccc2)cc1. The number of hydrogen-bond donors (Lipinski definition) is 1. The summed E-state index contributed by atoms with van der Waals surface area (Å²) in [6.07, 6.45) is 1.28. The number of benzene rings is 4. The third-order valence-corrected chi connectivity index (χ3v) is 9.08. The van der Waals surface area contributed by atoms with Crippen LogP contribution in [0.15, 0.2) is 109 Å². The number of nitrogens with two attached hydrogens (primary N) is 1. The van der Waals surface area contributed by atoms with Crippen molar-refractivity contribution in [1.82, 2.24) is 9.80 Å². The number of esters is 1. The highest BCUT2D eigenvalue weighted by Crippen LogP contribution is 2.49. The van der Waals surface area contributed by atoms with E-state index in [-0.39, 0.29) is 13.1 Å². The van der Waals surface area contributed by atoms with Crippen LogP contribution in [0, 0.1) is 23.7 Å². The molecule has 5 rings (SSSR count). The molecule has 3 amide bonds. The summed E-state index contributed by atoms with van der Waals surface area (Å²) in [5.41, 5.74) is 7.52. The van der Waals surface area contributed by atoms with Gasteiger partial charge in [-0.1, -0.05) is 74.5 Å². The van der Waals surface area contributed by atoms with Gasteiger partial charge in [-0.3, -0.25) is 19.2 Å². The molecule has 0 radical (unpaired) electrons. The maximum absolute atomic E-state index is 14.4. The first kappa shape index (κ1) is 36.6. The number of methoxy groups -OCH3 is 1. The monoisotopic (exact) mass is 691 g/mol. The van der Waals surface area contributed by atoms with Crippen LogP contribution >= 0.6 is 0 Å². The minimum absolute atomic E-state index is 0.236. The lowest BCUT2D eigenvalue weighted by Crippen LogP contribution is -2.65. The number of nitrogens with zero attached hydrogens (tertiary/aromatic N) is 2. The maximum atomic E-state index is 14.4. The van der Waals surface area contributed by atoms with Crippen LogP contribution in [0.3, 0.4) is 0 Å². The first-order chi connectivity index (χ1) is 24.7. The largest absolute Gasteiger partial charge is 0.469 e. The second-order valence-corrected chi connectivity index (χ2v) is 12.7. The second kappa shape index (κ2) is 17.3. The zero-order chi connectivity index (χ0) is 36.3. The summed E-state index contributed by atoms with van der Waals surface area (Å²) in [4.78, 5) is 58.1. The molecule has 0 heterocycles. The molecular formula is C41H45N3O7. The van der Waals surface area contributed by atoms with E-state index in [1.54, 1.807) is 9.80 Å². The van der Waals surface area contributed by atoms with E-state index in [0.29, 0.717) is 48.9 Å². The Bertz CT molecular complexity index is 1760. The van der Waals surface area contributed by atoms with E-state index in [0.717, 1.165) is 11.1 Å². The van der Waals surface area contributed by atoms with E-state index in [2.05, 4.69) is 0 Å². The van der Waals surface area contributed by atoms with Gasteiger partial charge in [0.15, 0.2) is 0 Å². The van der Waals surface area contributed by atoms with Gasteiger partial charge in [0.2, 0.25) is 17.7 Å². The van der Waals surface area contributed by atoms with Gasteiger partial charge in [0.25, 0.3) is 0 Å². The molecular weight excluding hydrogens is 646 g/mol. The number of hydrogen-bond acceptors (Lipinski definition) is 7. The number of rotatable bonds is 16. The molecule has 10 nitrogen and oxygen atoms in total. The van der Waals surface area contributed by atoms with Crippen molar-refractivity contribution in [2.45, 2.75) is 39.8 Å². The van der Waals surface area contributed by atoms with Crippen LogP contribution in [-0.2, 0) is 37.0 Å². The summed E-state index contributed by atoms with van der Waals surface area (Å²) in [7, 11) is 1.20. The molecule has 0 bridgehead atoms. The van der Waals surface area contributed by atoms with Crippen molar-refractivity contribution in [1.29, 1.82) is 0 Å². The van der Waals surface area contributed by atoms with E-state index < -0.39 is 47.4 Å². The molecule has 10 heteroatoms. The quantitative estimate of drug-likeness (QED) is 0.131. The zero-order valence-electron chi connectivity index (χ0n) is 29.3. The smallest absolute Gasteiger partial charge is 0.310 e. The molecule has 51 heavy (non-hydrogen) atoms. The molecule has 4 atom stereocenters. The molecule has 266 valence electrons. The third-order valence-electron chi connectivity index (χ3n) is 9.08. The molecule has 0 aromatic heterocycles. The minimum Gasteiger partial charge on any atom is -0.469 e. The Hall–Kier alpha value is -5.64. The first-order valence-corrected chi connectivity index (χ1v) is 17.3. The molecule has 0 unspecified atom stereocenters. The van der Waals surface area contributed by atoms with E-state index in [1.165, 1.54) is 7.11 Å². The molecule has 4 aromatic carbocycles. The fraction of sp³-hybridized carbons (Fsp3) is 0.317. The predicted octanol–water partition coefficient (Wildman–Crippen LogP) is 6.59. The zero-order valence-corrected chi connectivity index (χ0v) is 29.3. The average Bonchev–Trinajstić information content (AvgIpc) is 3.13. The molecule has 1 aliphatic carbocycles. The highest BCUT2D eigenvalue weighted by Gasteiger charge is 2.64. The van der Waals surface area contributed by atoms with E-state index >= 15 is 0 Å². The standard InChI is InChI=1S/C41H45N3O7/c1-4-24-43(26-28-16-20-32(21-17-28)50-30-12-8-6-9-13-30)39(46)35-34(38(42)45)37(41(48)49-3)36(35)40(47)44(25-5-2)27-29-18-22-33(23-19-29)51-31-14-10-7-11-15-31/h6-23,34-37H,4-5,24-27H2,1-3H3,(H2,42,45)/t34-,35+,36-,37+/m1/s1. The Morgan fingerprint density at radius 3 is 1.27 bits per heavy atom. The van der Waals surface area contributed by atoms with Crippen molar-refractivity contribution < 1.29 is 33.4 Å². The van der Waals surface area contributed by atoms with Gasteiger partial charge in [-0.05, 0) is 72.5 Å². The number of para-hydroxylation sites is 2. The average molecular weight is 692 g/mol. The van der Waals surface area contributed by atoms with Gasteiger partial charge in [0, 0.05) is 26.2 Å². The van der Waals surface area contributed by atoms with Crippen LogP contribution in [0.4, 0.5) is 0 Å². The van der Waals surface area contributed by atoms with Gasteiger partial charge in [0.1, 0.15) is 23.0 Å². The van der Waals surface area contributed by atoms with E-state index in [9.17, 15) is 19.2 Å². The minimum atomic E-state index is -1.18. The van der Waals surface area contributed by atoms with Crippen molar-refractivity contribution in [2.75, 3.05) is 20.2 Å². The molecule has 1 aliphatic rings. The van der Waals surface area contributed by atoms with Crippen molar-refractivity contribution in [3.8, 4) is 23.0 Å². The van der Waals surface area contributed by atoms with Crippen molar-refractivity contribution in [3.63, 3.8) is 0 Å². The molecule has 2 N–H and O–H groups in total. The number of primary amides is 1. The third kappa shape index (κ3) is 8.94. The van der Waals surface area contributed by atoms with Gasteiger partial charge >= 0.3 is 5.97 Å². The first-order valence-electron chi connectivity index (χ1n) is 17.3. The van der Waals surface area contributed by atoms with Crippen molar-refractivity contribution in [2.24, 2.45) is 29.4 Å². The van der Waals surface area contributed by atoms with Crippen molar-refractivity contribution in [3.05, 3.63) is 120 Å². The summed E-state index contributed by atoms with van der Waals surface area (Å²) in [5, 5.41) is 0. The van der Waals surface area contributed by atoms with E-state index in [1.807, 2.05) is 123 Å². The molecule has 0 saturated heterocycles. The number of carbonyl (C=O) groups excluding carboxylic acids is 4. The van der Waals surface area contributed by atoms with Gasteiger partial charge in [-0.25, -0.2) is 0 Å². The Morgan fingerprint density at radius 2 is 0.922 bits per heavy atom. The van der Waals surface area contributed by atoms with Crippen molar-refractivity contribution >= 4 is 23.7 Å². The van der Waals surface area contributed by atoms with Crippen LogP contribution < -0.4 is 15.2 Å². The number of carbonyl (C=O) groups is 4. The summed E-state index contributed by atoms with van der Waals surface area (Å²) in [6.45, 7) is 5.12. The number of ether oxygens (including phenoxy) is 3. The lowest BCUT2D eigenvalue weighted by atomic mass is 9.55. The molecule has 1 fully saturated rings. The molecule has 4 aromatic rings. The lowest BCUT2D eigenvalue weighted by Gasteiger charge is -2.49. The highest BCUT2D eigenvalue weighted by atomic mass is 16.5. The Balaban J connectivity index is 1.36. The normalized spacial score (nSPS) is 17.8. The van der Waals surface area contributed by atoms with Gasteiger partial charge in [-0.2, -0.15) is 0 Å². The summed E-state index contributed by atoms with van der Waals surface area (Å²) < 4.78 is 16.9. The second-order valence-electron chi connectivity index (χ2n) is 12.7. The summed E-state index contributed by atoms with van der Waals surface area (Å²) in [5.74, 6) is -4.24. The van der Waals surface area contributed by atoms with Gasteiger partial charge in [0.05, 0.1) is 30.8 Å². The molecule has 1 saturated carbocycles. The maximum Gasteiger partial charge on any atom is 0.310 e. The predicted molar refractivity (Wildman–Crippen MR) is 193 cm³/mol. The Morgan fingerprint density at radius 1 is 0.549 bits per heavy atom. The van der Waals surface area contributed by atoms with Gasteiger partial charge < -0.3 is 29.7 Å². The fourth-order valence-electron chi connectivity index (χ4n) is 6.66. The highest BCUT2D eigenvalue weighted by molar-refractivity contribution is 6.01. The Kier molecular flexibility index (Phi) is 12.5. The number of amides is 3. The molecule has 0 spiro atoms. The van der Waals surface area contributed by atoms with Gasteiger partial charge in [-0.15, -0.1) is 0 Å². The summed E-state index contributed by atoms with van der Waals surface area (Å²) >= 11 is 0. The van der Waals surface area contributed by atoms with Crippen LogP contribution in [0.2, 0.25) is 0 Å². The fourth-order valence-corrected chi connectivity index (χ4v) is 6.66. The van der Waals surface area contributed by atoms with Crippen LogP contribution in [0.25, 0.3) is 0 Å². The van der Waals surface area contributed by atoms with Crippen LogP contribution in [0.5, 0.6) is 23.0 Å². The van der Waals surface area contributed by atoms with Crippen LogP contribution in [-0.4, -0.2) is 53.7 Å². The lowest BCUT2D eigenvalue weighted by molar-refractivity contribution is -0.183. The molecule has 0 aliphatic heterocycles. The Labute approximate surface area is 299 Å². The topological polar surface area (TPSA) is 128 Å².